The van der Waals surface area contributed by atoms with Crippen LogP contribution in [0.5, 0.6) is 5.75 Å². The lowest BCUT2D eigenvalue weighted by Crippen LogP contribution is -2.34. The van der Waals surface area contributed by atoms with E-state index in [0.29, 0.717) is 11.3 Å². The summed E-state index contributed by atoms with van der Waals surface area (Å²) in [5, 5.41) is 0. The smallest absolute Gasteiger partial charge is 0.323 e. The van der Waals surface area contributed by atoms with Crippen molar-refractivity contribution in [3.05, 3.63) is 66.0 Å². The molecule has 0 aliphatic rings. The number of nitrogens with two attached hydrogens (primary N) is 1. The van der Waals surface area contributed by atoms with Gasteiger partial charge in [-0.25, -0.2) is 4.39 Å². The second kappa shape index (κ2) is 9.25. The molecule has 0 fully saturated rings. The van der Waals surface area contributed by atoms with Gasteiger partial charge in [0.2, 0.25) is 0 Å². The van der Waals surface area contributed by atoms with Gasteiger partial charge in [0, 0.05) is 0 Å². The van der Waals surface area contributed by atoms with E-state index in [1.807, 2.05) is 18.2 Å². The van der Waals surface area contributed by atoms with Gasteiger partial charge in [-0.15, -0.1) is 12.4 Å². The molecule has 0 radical (unpaired) electrons. The second-order valence-electron chi connectivity index (χ2n) is 5.33. The Hall–Kier alpha value is -2.11. The summed E-state index contributed by atoms with van der Waals surface area (Å²) in [5.74, 6) is -0.223. The first-order valence-corrected chi connectivity index (χ1v) is 7.40. The predicted molar refractivity (Wildman–Crippen MR) is 92.7 cm³/mol. The third kappa shape index (κ3) is 5.51. The molecule has 0 saturated carbocycles. The van der Waals surface area contributed by atoms with Crippen molar-refractivity contribution in [1.82, 2.24) is 0 Å². The van der Waals surface area contributed by atoms with E-state index in [1.165, 1.54) is 12.1 Å². The van der Waals surface area contributed by atoms with Crippen molar-refractivity contribution < 1.29 is 18.7 Å². The van der Waals surface area contributed by atoms with E-state index >= 15 is 0 Å². The highest BCUT2D eigenvalue weighted by Crippen LogP contribution is 2.27. The standard InChI is InChI=1S/C18H20FNO3.ClH/c1-12(20)18(21)22-13(2)17(14-8-10-15(19)11-9-14)23-16-6-4-3-5-7-16;/h3-13,17H,20H2,1-2H3;1H/t12-,13-,17-;/m0./s1. The minimum absolute atomic E-state index is 0. The lowest BCUT2D eigenvalue weighted by atomic mass is 10.0. The summed E-state index contributed by atoms with van der Waals surface area (Å²) in [7, 11) is 0. The Labute approximate surface area is 147 Å². The number of carbonyl (C=O) groups is 1. The number of hydrogen-bond acceptors (Lipinski definition) is 4. The van der Waals surface area contributed by atoms with Crippen LogP contribution in [0.15, 0.2) is 54.6 Å². The third-order valence-electron chi connectivity index (χ3n) is 3.30. The minimum atomic E-state index is -0.719. The molecule has 0 unspecified atom stereocenters. The molecule has 0 spiro atoms. The number of rotatable bonds is 6. The molecule has 2 N–H and O–H groups in total. The molecule has 0 aromatic heterocycles. The quantitative estimate of drug-likeness (QED) is 0.805. The molecule has 2 rings (SSSR count). The molecule has 0 saturated heterocycles. The zero-order valence-electron chi connectivity index (χ0n) is 13.5. The molecule has 0 bridgehead atoms. The molecule has 2 aromatic carbocycles. The number of benzene rings is 2. The maximum atomic E-state index is 13.2. The average Bonchev–Trinajstić information content (AvgIpc) is 2.54. The molecule has 130 valence electrons. The van der Waals surface area contributed by atoms with Crippen LogP contribution >= 0.6 is 12.4 Å². The maximum Gasteiger partial charge on any atom is 0.323 e. The summed E-state index contributed by atoms with van der Waals surface area (Å²) >= 11 is 0. The SMILES string of the molecule is C[C@H](N)C(=O)O[C@@H](C)[C@H](Oc1ccccc1)c1ccc(F)cc1.Cl. The highest BCUT2D eigenvalue weighted by Gasteiger charge is 2.26. The van der Waals surface area contributed by atoms with Crippen LogP contribution in [-0.4, -0.2) is 18.1 Å². The molecule has 4 nitrogen and oxygen atoms in total. The van der Waals surface area contributed by atoms with Crippen LogP contribution in [0.4, 0.5) is 4.39 Å². The summed E-state index contributed by atoms with van der Waals surface area (Å²) in [4.78, 5) is 11.7. The van der Waals surface area contributed by atoms with Crippen LogP contribution in [0.25, 0.3) is 0 Å². The van der Waals surface area contributed by atoms with Gasteiger partial charge in [0.1, 0.15) is 23.7 Å². The van der Waals surface area contributed by atoms with Crippen LogP contribution in [0.2, 0.25) is 0 Å². The maximum absolute atomic E-state index is 13.2. The fourth-order valence-corrected chi connectivity index (χ4v) is 2.09. The average molecular weight is 354 g/mol. The molecular weight excluding hydrogens is 333 g/mol. The summed E-state index contributed by atoms with van der Waals surface area (Å²) in [5.41, 5.74) is 6.24. The molecule has 0 aliphatic heterocycles. The van der Waals surface area contributed by atoms with E-state index in [-0.39, 0.29) is 18.2 Å². The van der Waals surface area contributed by atoms with Gasteiger partial charge < -0.3 is 15.2 Å². The van der Waals surface area contributed by atoms with Crippen LogP contribution in [-0.2, 0) is 9.53 Å². The lowest BCUT2D eigenvalue weighted by molar-refractivity contribution is -0.154. The van der Waals surface area contributed by atoms with Crippen molar-refractivity contribution in [3.63, 3.8) is 0 Å². The monoisotopic (exact) mass is 353 g/mol. The van der Waals surface area contributed by atoms with Crippen LogP contribution in [0, 0.1) is 5.82 Å². The van der Waals surface area contributed by atoms with E-state index in [4.69, 9.17) is 15.2 Å². The highest BCUT2D eigenvalue weighted by atomic mass is 35.5. The first-order chi connectivity index (χ1) is 11.0. The van der Waals surface area contributed by atoms with Gasteiger partial charge >= 0.3 is 5.97 Å². The summed E-state index contributed by atoms with van der Waals surface area (Å²) in [6.07, 6.45) is -1.15. The van der Waals surface area contributed by atoms with Crippen LogP contribution < -0.4 is 10.5 Å². The molecular formula is C18H21ClFNO3. The fraction of sp³-hybridized carbons (Fsp3) is 0.278. The number of carbonyl (C=O) groups excluding carboxylic acids is 1. The molecule has 0 heterocycles. The highest BCUT2D eigenvalue weighted by molar-refractivity contribution is 5.85. The van der Waals surface area contributed by atoms with Crippen molar-refractivity contribution in [2.24, 2.45) is 5.73 Å². The Balaban J connectivity index is 0.00000288. The second-order valence-corrected chi connectivity index (χ2v) is 5.33. The van der Waals surface area contributed by atoms with Crippen molar-refractivity contribution in [2.45, 2.75) is 32.1 Å². The number of halogens is 2. The summed E-state index contributed by atoms with van der Waals surface area (Å²) in [6, 6.07) is 14.4. The Bertz CT molecular complexity index is 634. The largest absolute Gasteiger partial charge is 0.482 e. The molecule has 24 heavy (non-hydrogen) atoms. The van der Waals surface area contributed by atoms with Gasteiger partial charge in [-0.05, 0) is 43.7 Å². The van der Waals surface area contributed by atoms with Gasteiger partial charge in [-0.1, -0.05) is 30.3 Å². The van der Waals surface area contributed by atoms with E-state index in [1.54, 1.807) is 38.1 Å². The summed E-state index contributed by atoms with van der Waals surface area (Å²) in [6.45, 7) is 3.28. The summed E-state index contributed by atoms with van der Waals surface area (Å²) < 4.78 is 24.4. The Morgan fingerprint density at radius 3 is 2.17 bits per heavy atom. The molecule has 3 atom stereocenters. The van der Waals surface area contributed by atoms with E-state index in [2.05, 4.69) is 0 Å². The normalized spacial score (nSPS) is 14.0. The van der Waals surface area contributed by atoms with E-state index in [0.717, 1.165) is 0 Å². The number of esters is 1. The number of hydrogen-bond donors (Lipinski definition) is 1. The predicted octanol–water partition coefficient (Wildman–Crippen LogP) is 3.65. The van der Waals surface area contributed by atoms with Gasteiger partial charge in [-0.3, -0.25) is 4.79 Å². The van der Waals surface area contributed by atoms with E-state index in [9.17, 15) is 9.18 Å². The molecule has 2 aromatic rings. The van der Waals surface area contributed by atoms with Crippen molar-refractivity contribution in [1.29, 1.82) is 0 Å². The van der Waals surface area contributed by atoms with Gasteiger partial charge in [0.25, 0.3) is 0 Å². The Morgan fingerprint density at radius 2 is 1.62 bits per heavy atom. The van der Waals surface area contributed by atoms with E-state index < -0.39 is 24.2 Å². The minimum Gasteiger partial charge on any atom is -0.482 e. The first-order valence-electron chi connectivity index (χ1n) is 7.40. The van der Waals surface area contributed by atoms with Crippen molar-refractivity contribution >= 4 is 18.4 Å². The van der Waals surface area contributed by atoms with Gasteiger partial charge in [0.15, 0.2) is 6.10 Å². The molecule has 0 amide bonds. The first kappa shape index (κ1) is 19.9. The topological polar surface area (TPSA) is 61.6 Å². The zero-order chi connectivity index (χ0) is 16.8. The molecule has 6 heteroatoms. The van der Waals surface area contributed by atoms with Crippen molar-refractivity contribution in [3.8, 4) is 5.75 Å². The third-order valence-corrected chi connectivity index (χ3v) is 3.30. The lowest BCUT2D eigenvalue weighted by Gasteiger charge is -2.26. The van der Waals surface area contributed by atoms with Gasteiger partial charge in [0.05, 0.1) is 0 Å². The fourth-order valence-electron chi connectivity index (χ4n) is 2.09. The van der Waals surface area contributed by atoms with Crippen LogP contribution in [0.3, 0.4) is 0 Å². The van der Waals surface area contributed by atoms with Gasteiger partial charge in [-0.2, -0.15) is 0 Å². The Kier molecular flexibility index (Phi) is 7.68. The van der Waals surface area contributed by atoms with Crippen LogP contribution in [0.1, 0.15) is 25.5 Å². The van der Waals surface area contributed by atoms with Crippen molar-refractivity contribution in [2.75, 3.05) is 0 Å². The zero-order valence-corrected chi connectivity index (χ0v) is 14.3. The number of ether oxygens (including phenoxy) is 2. The Morgan fingerprint density at radius 1 is 1.04 bits per heavy atom. The molecule has 0 aliphatic carbocycles. The number of para-hydroxylation sites is 1.